The van der Waals surface area contributed by atoms with E-state index in [1.54, 1.807) is 41.8 Å². The summed E-state index contributed by atoms with van der Waals surface area (Å²) in [4.78, 5) is 28.8. The topological polar surface area (TPSA) is 114 Å². The van der Waals surface area contributed by atoms with E-state index in [2.05, 4.69) is 19.8 Å². The van der Waals surface area contributed by atoms with Crippen LogP contribution in [-0.2, 0) is 14.8 Å². The number of sulfonamides is 1. The van der Waals surface area contributed by atoms with E-state index >= 15 is 0 Å². The Bertz CT molecular complexity index is 1480. The average Bonchev–Trinajstić information content (AvgIpc) is 3.32. The second kappa shape index (κ2) is 10.0. The van der Waals surface area contributed by atoms with E-state index in [1.807, 2.05) is 0 Å². The molecule has 178 valence electrons. The zero-order valence-electron chi connectivity index (χ0n) is 18.2. The molecule has 0 aliphatic heterocycles. The van der Waals surface area contributed by atoms with E-state index in [-0.39, 0.29) is 16.1 Å². The highest BCUT2D eigenvalue weighted by molar-refractivity contribution is 7.92. The minimum Gasteiger partial charge on any atom is -0.465 e. The van der Waals surface area contributed by atoms with Crippen molar-refractivity contribution < 1.29 is 27.1 Å². The van der Waals surface area contributed by atoms with Crippen LogP contribution in [-0.4, -0.2) is 32.4 Å². The van der Waals surface area contributed by atoms with E-state index < -0.39 is 27.7 Å². The van der Waals surface area contributed by atoms with Crippen LogP contribution in [0.25, 0.3) is 11.3 Å². The summed E-state index contributed by atoms with van der Waals surface area (Å²) in [5.74, 6) is -1.58. The monoisotopic (exact) mass is 511 g/mol. The van der Waals surface area contributed by atoms with Crippen LogP contribution in [0.15, 0.2) is 83.1 Å². The third-order valence-corrected chi connectivity index (χ3v) is 7.01. The van der Waals surface area contributed by atoms with Crippen molar-refractivity contribution >= 4 is 44.1 Å². The van der Waals surface area contributed by atoms with Gasteiger partial charge in [0.25, 0.3) is 15.9 Å². The molecule has 0 aliphatic carbocycles. The smallest absolute Gasteiger partial charge is 0.337 e. The molecule has 11 heteroatoms. The number of nitrogens with one attached hydrogen (secondary N) is 2. The van der Waals surface area contributed by atoms with Gasteiger partial charge in [-0.2, -0.15) is 0 Å². The van der Waals surface area contributed by atoms with Crippen LogP contribution in [0, 0.1) is 5.82 Å². The van der Waals surface area contributed by atoms with E-state index in [0.29, 0.717) is 16.4 Å². The molecule has 0 bridgehead atoms. The van der Waals surface area contributed by atoms with Gasteiger partial charge in [-0.05, 0) is 48.5 Å². The largest absolute Gasteiger partial charge is 0.465 e. The molecule has 1 amide bonds. The molecule has 0 saturated carbocycles. The molecule has 4 aromatic rings. The average molecular weight is 512 g/mol. The molecule has 8 nitrogen and oxygen atoms in total. The van der Waals surface area contributed by atoms with Gasteiger partial charge < -0.3 is 4.74 Å². The molecule has 0 fully saturated rings. The number of hydrogen-bond acceptors (Lipinski definition) is 7. The number of anilines is 2. The zero-order chi connectivity index (χ0) is 25.0. The highest BCUT2D eigenvalue weighted by atomic mass is 32.2. The second-order valence-corrected chi connectivity index (χ2v) is 9.71. The Hall–Kier alpha value is -4.09. The van der Waals surface area contributed by atoms with Crippen molar-refractivity contribution in [2.75, 3.05) is 17.1 Å². The number of thiazole rings is 1. The Morgan fingerprint density at radius 1 is 0.971 bits per heavy atom. The fourth-order valence-corrected chi connectivity index (χ4v) is 4.91. The van der Waals surface area contributed by atoms with Gasteiger partial charge in [0.05, 0.1) is 34.5 Å². The van der Waals surface area contributed by atoms with Crippen molar-refractivity contribution in [3.63, 3.8) is 0 Å². The Morgan fingerprint density at radius 2 is 1.66 bits per heavy atom. The van der Waals surface area contributed by atoms with Gasteiger partial charge in [0.2, 0.25) is 0 Å². The lowest BCUT2D eigenvalue weighted by Gasteiger charge is -2.12. The summed E-state index contributed by atoms with van der Waals surface area (Å²) in [5, 5.41) is 4.72. The normalized spacial score (nSPS) is 11.0. The van der Waals surface area contributed by atoms with Crippen molar-refractivity contribution in [1.29, 1.82) is 0 Å². The molecule has 0 unspecified atom stereocenters. The van der Waals surface area contributed by atoms with Crippen LogP contribution in [0.5, 0.6) is 0 Å². The van der Waals surface area contributed by atoms with E-state index in [9.17, 15) is 22.4 Å². The van der Waals surface area contributed by atoms with Gasteiger partial charge in [-0.1, -0.05) is 24.3 Å². The summed E-state index contributed by atoms with van der Waals surface area (Å²) in [6, 6.07) is 17.1. The first-order chi connectivity index (χ1) is 16.8. The number of halogens is 1. The van der Waals surface area contributed by atoms with E-state index in [1.165, 1.54) is 30.6 Å². The highest BCUT2D eigenvalue weighted by Crippen LogP contribution is 2.27. The number of hydrogen-bond donors (Lipinski definition) is 2. The number of benzene rings is 3. The fraction of sp³-hybridized carbons (Fsp3) is 0.0417. The van der Waals surface area contributed by atoms with Gasteiger partial charge in [0.15, 0.2) is 5.13 Å². The van der Waals surface area contributed by atoms with Gasteiger partial charge in [-0.25, -0.2) is 22.6 Å². The number of carbonyl (C=O) groups excluding carboxylic acids is 2. The molecule has 0 aliphatic rings. The number of carbonyl (C=O) groups is 2. The Balaban J connectivity index is 1.51. The lowest BCUT2D eigenvalue weighted by molar-refractivity contribution is 0.0600. The van der Waals surface area contributed by atoms with Gasteiger partial charge >= 0.3 is 5.97 Å². The molecule has 0 radical (unpaired) electrons. The predicted molar refractivity (Wildman–Crippen MR) is 130 cm³/mol. The summed E-state index contributed by atoms with van der Waals surface area (Å²) < 4.78 is 45.6. The van der Waals surface area contributed by atoms with Crippen LogP contribution in [0.3, 0.4) is 0 Å². The molecule has 2 N–H and O–H groups in total. The molecule has 0 saturated heterocycles. The number of esters is 1. The Morgan fingerprint density at radius 3 is 2.34 bits per heavy atom. The van der Waals surface area contributed by atoms with Crippen molar-refractivity contribution in [3.8, 4) is 11.3 Å². The first kappa shape index (κ1) is 24.0. The third-order valence-electron chi connectivity index (χ3n) is 4.87. The number of para-hydroxylation sites is 1. The van der Waals surface area contributed by atoms with Crippen molar-refractivity contribution in [2.24, 2.45) is 0 Å². The number of ether oxygens (including phenoxy) is 1. The first-order valence-corrected chi connectivity index (χ1v) is 12.5. The molecule has 0 spiro atoms. The van der Waals surface area contributed by atoms with Crippen LogP contribution in [0.4, 0.5) is 15.2 Å². The third kappa shape index (κ3) is 5.53. The van der Waals surface area contributed by atoms with Gasteiger partial charge in [-0.3, -0.25) is 14.8 Å². The number of amides is 1. The molecule has 3 aromatic carbocycles. The lowest BCUT2D eigenvalue weighted by Crippen LogP contribution is -2.18. The molecule has 1 aromatic heterocycles. The van der Waals surface area contributed by atoms with Gasteiger partial charge in [0, 0.05) is 10.9 Å². The number of aromatic nitrogens is 1. The number of nitrogens with zero attached hydrogens (tertiary/aromatic N) is 1. The van der Waals surface area contributed by atoms with Gasteiger partial charge in [0.1, 0.15) is 5.82 Å². The van der Waals surface area contributed by atoms with Crippen molar-refractivity contribution in [2.45, 2.75) is 4.90 Å². The summed E-state index contributed by atoms with van der Waals surface area (Å²) in [6.07, 6.45) is 0. The maximum atomic E-state index is 13.2. The molecular weight excluding hydrogens is 493 g/mol. The van der Waals surface area contributed by atoms with Crippen molar-refractivity contribution in [1.82, 2.24) is 4.98 Å². The zero-order valence-corrected chi connectivity index (χ0v) is 19.8. The second-order valence-electron chi connectivity index (χ2n) is 7.17. The minimum absolute atomic E-state index is 0.0597. The minimum atomic E-state index is -4.05. The van der Waals surface area contributed by atoms with Crippen LogP contribution >= 0.6 is 11.3 Å². The van der Waals surface area contributed by atoms with E-state index in [4.69, 9.17) is 0 Å². The molecule has 35 heavy (non-hydrogen) atoms. The van der Waals surface area contributed by atoms with Crippen LogP contribution in [0.1, 0.15) is 20.7 Å². The quantitative estimate of drug-likeness (QED) is 0.345. The van der Waals surface area contributed by atoms with Crippen LogP contribution in [0.2, 0.25) is 0 Å². The standard InChI is InChI=1S/C24H18FN3O5S2/c1-33-23(30)16-8-6-15(7-9-16)21-14-34-24(26-21)27-22(29)19-4-2-3-5-20(19)28-35(31,32)18-12-10-17(25)11-13-18/h2-14,28H,1H3,(H,26,27,29). The molecule has 1 heterocycles. The highest BCUT2D eigenvalue weighted by Gasteiger charge is 2.19. The summed E-state index contributed by atoms with van der Waals surface area (Å²) in [5.41, 5.74) is 1.87. The maximum absolute atomic E-state index is 13.2. The SMILES string of the molecule is COC(=O)c1ccc(-c2csc(NC(=O)c3ccccc3NS(=O)(=O)c3ccc(F)cc3)n2)cc1. The summed E-state index contributed by atoms with van der Waals surface area (Å²) >= 11 is 1.19. The summed E-state index contributed by atoms with van der Waals surface area (Å²) in [7, 11) is -2.74. The predicted octanol–water partition coefficient (Wildman–Crippen LogP) is 4.79. The maximum Gasteiger partial charge on any atom is 0.337 e. The molecule has 4 rings (SSSR count). The Labute approximate surface area is 204 Å². The fourth-order valence-electron chi connectivity index (χ4n) is 3.11. The molecule has 0 atom stereocenters. The van der Waals surface area contributed by atoms with Crippen LogP contribution < -0.4 is 10.0 Å². The summed E-state index contributed by atoms with van der Waals surface area (Å²) in [6.45, 7) is 0. The van der Waals surface area contributed by atoms with Gasteiger partial charge in [-0.15, -0.1) is 11.3 Å². The molecular formula is C24H18FN3O5S2. The first-order valence-electron chi connectivity index (χ1n) is 10.1. The lowest BCUT2D eigenvalue weighted by atomic mass is 10.1. The number of rotatable bonds is 7. The Kier molecular flexibility index (Phi) is 6.90. The van der Waals surface area contributed by atoms with Crippen molar-refractivity contribution in [3.05, 3.63) is 95.1 Å². The number of methoxy groups -OCH3 is 1. The van der Waals surface area contributed by atoms with E-state index in [0.717, 1.165) is 29.8 Å².